The summed E-state index contributed by atoms with van der Waals surface area (Å²) < 4.78 is 36.1. The standard InChI is InChI=1S/C17H26N4O4S/c1-16(2,9-17(3,4)21-26(18,22)23)15-11-7-13(24-5)14(25-6)8-12(11)19-10-20-15/h7-8,10,21H,9H2,1-6H3,(H2,18,22,23). The Balaban J connectivity index is 2.53. The van der Waals surface area contributed by atoms with E-state index in [0.29, 0.717) is 17.9 Å². The third kappa shape index (κ3) is 4.60. The summed E-state index contributed by atoms with van der Waals surface area (Å²) in [4.78, 5) is 8.79. The van der Waals surface area contributed by atoms with E-state index in [1.807, 2.05) is 19.9 Å². The first kappa shape index (κ1) is 20.3. The maximum absolute atomic E-state index is 11.4. The minimum Gasteiger partial charge on any atom is -0.493 e. The number of methoxy groups -OCH3 is 2. The minimum atomic E-state index is -3.82. The largest absolute Gasteiger partial charge is 0.493 e. The third-order valence-corrected chi connectivity index (χ3v) is 4.92. The van der Waals surface area contributed by atoms with Crippen molar-refractivity contribution in [1.82, 2.24) is 14.7 Å². The van der Waals surface area contributed by atoms with E-state index in [1.165, 1.54) is 6.33 Å². The summed E-state index contributed by atoms with van der Waals surface area (Å²) in [5, 5.41) is 5.97. The number of benzene rings is 1. The Morgan fingerprint density at radius 1 is 1.08 bits per heavy atom. The normalized spacial score (nSPS) is 13.0. The average molecular weight is 382 g/mol. The predicted octanol–water partition coefficient (Wildman–Crippen LogP) is 1.89. The lowest BCUT2D eigenvalue weighted by Gasteiger charge is -2.35. The van der Waals surface area contributed by atoms with Crippen LogP contribution in [0, 0.1) is 0 Å². The summed E-state index contributed by atoms with van der Waals surface area (Å²) in [5.74, 6) is 1.16. The first-order chi connectivity index (χ1) is 11.9. The van der Waals surface area contributed by atoms with Crippen molar-refractivity contribution in [2.75, 3.05) is 14.2 Å². The number of hydrogen-bond donors (Lipinski definition) is 2. The smallest absolute Gasteiger partial charge is 0.274 e. The maximum Gasteiger partial charge on any atom is 0.274 e. The Bertz CT molecular complexity index is 910. The van der Waals surface area contributed by atoms with Gasteiger partial charge in [0, 0.05) is 22.4 Å². The minimum absolute atomic E-state index is 0.469. The molecule has 9 heteroatoms. The van der Waals surface area contributed by atoms with E-state index in [1.54, 1.807) is 34.1 Å². The van der Waals surface area contributed by atoms with Gasteiger partial charge in [-0.05, 0) is 26.3 Å². The van der Waals surface area contributed by atoms with Gasteiger partial charge in [-0.3, -0.25) is 0 Å². The molecular formula is C17H26N4O4S. The molecule has 0 saturated carbocycles. The number of fused-ring (bicyclic) bond motifs is 1. The van der Waals surface area contributed by atoms with Crippen LogP contribution < -0.4 is 19.3 Å². The molecule has 0 fully saturated rings. The van der Waals surface area contributed by atoms with E-state index >= 15 is 0 Å². The summed E-state index contributed by atoms with van der Waals surface area (Å²) in [6.07, 6.45) is 1.96. The van der Waals surface area contributed by atoms with Crippen molar-refractivity contribution < 1.29 is 17.9 Å². The van der Waals surface area contributed by atoms with Crippen molar-refractivity contribution in [3.05, 3.63) is 24.2 Å². The van der Waals surface area contributed by atoms with Crippen molar-refractivity contribution in [3.8, 4) is 11.5 Å². The number of rotatable bonds is 7. The molecule has 0 spiro atoms. The van der Waals surface area contributed by atoms with Crippen LogP contribution in [0.25, 0.3) is 10.9 Å². The SMILES string of the molecule is COc1cc2ncnc(C(C)(C)CC(C)(C)NS(N)(=O)=O)c2cc1OC. The van der Waals surface area contributed by atoms with Gasteiger partial charge in [-0.1, -0.05) is 13.8 Å². The molecule has 144 valence electrons. The van der Waals surface area contributed by atoms with Crippen LogP contribution in [0.2, 0.25) is 0 Å². The van der Waals surface area contributed by atoms with Crippen molar-refractivity contribution in [2.45, 2.75) is 45.1 Å². The zero-order valence-electron chi connectivity index (χ0n) is 16.0. The fraction of sp³-hybridized carbons (Fsp3) is 0.529. The van der Waals surface area contributed by atoms with Gasteiger partial charge >= 0.3 is 0 Å². The van der Waals surface area contributed by atoms with E-state index in [-0.39, 0.29) is 0 Å². The Labute approximate surface area is 154 Å². The van der Waals surface area contributed by atoms with Gasteiger partial charge in [0.1, 0.15) is 6.33 Å². The van der Waals surface area contributed by atoms with Gasteiger partial charge in [-0.15, -0.1) is 0 Å². The zero-order valence-corrected chi connectivity index (χ0v) is 16.8. The van der Waals surface area contributed by atoms with Crippen molar-refractivity contribution in [3.63, 3.8) is 0 Å². The lowest BCUT2D eigenvalue weighted by Crippen LogP contribution is -2.49. The highest BCUT2D eigenvalue weighted by atomic mass is 32.2. The highest BCUT2D eigenvalue weighted by Gasteiger charge is 2.34. The van der Waals surface area contributed by atoms with Crippen LogP contribution in [0.3, 0.4) is 0 Å². The number of aromatic nitrogens is 2. The molecular weight excluding hydrogens is 356 g/mol. The van der Waals surface area contributed by atoms with Crippen LogP contribution in [0.1, 0.15) is 39.8 Å². The van der Waals surface area contributed by atoms with Gasteiger partial charge in [0.05, 0.1) is 25.4 Å². The van der Waals surface area contributed by atoms with Crippen LogP contribution in [0.4, 0.5) is 0 Å². The molecule has 0 aliphatic heterocycles. The molecule has 0 aliphatic rings. The number of nitrogens with one attached hydrogen (secondary N) is 1. The van der Waals surface area contributed by atoms with E-state index in [4.69, 9.17) is 14.6 Å². The lowest BCUT2D eigenvalue weighted by atomic mass is 9.77. The summed E-state index contributed by atoms with van der Waals surface area (Å²) in [6.45, 7) is 7.56. The second-order valence-corrected chi connectivity index (χ2v) is 8.83. The third-order valence-electron chi connectivity index (χ3n) is 4.08. The van der Waals surface area contributed by atoms with Crippen molar-refractivity contribution in [1.29, 1.82) is 0 Å². The van der Waals surface area contributed by atoms with Crippen LogP contribution in [-0.4, -0.2) is 38.1 Å². The van der Waals surface area contributed by atoms with Crippen LogP contribution >= 0.6 is 0 Å². The molecule has 2 aromatic rings. The van der Waals surface area contributed by atoms with E-state index in [2.05, 4.69) is 14.7 Å². The number of hydrogen-bond acceptors (Lipinski definition) is 6. The number of nitrogens with zero attached hydrogens (tertiary/aromatic N) is 2. The van der Waals surface area contributed by atoms with E-state index < -0.39 is 21.2 Å². The Morgan fingerprint density at radius 2 is 1.65 bits per heavy atom. The summed E-state index contributed by atoms with van der Waals surface area (Å²) in [5.41, 5.74) is 0.276. The highest BCUT2D eigenvalue weighted by molar-refractivity contribution is 7.87. The lowest BCUT2D eigenvalue weighted by molar-refractivity contribution is 0.321. The van der Waals surface area contributed by atoms with Crippen LogP contribution in [0.5, 0.6) is 11.5 Å². The number of nitrogens with two attached hydrogens (primary N) is 1. The fourth-order valence-corrected chi connectivity index (χ4v) is 4.37. The summed E-state index contributed by atoms with van der Waals surface area (Å²) >= 11 is 0. The highest BCUT2D eigenvalue weighted by Crippen LogP contribution is 2.38. The van der Waals surface area contributed by atoms with Gasteiger partial charge in [-0.2, -0.15) is 13.1 Å². The molecule has 1 aromatic heterocycles. The monoisotopic (exact) mass is 382 g/mol. The van der Waals surface area contributed by atoms with E-state index in [9.17, 15) is 8.42 Å². The van der Waals surface area contributed by atoms with Gasteiger partial charge < -0.3 is 9.47 Å². The topological polar surface area (TPSA) is 116 Å². The molecule has 2 rings (SSSR count). The molecule has 1 heterocycles. The molecule has 8 nitrogen and oxygen atoms in total. The molecule has 0 saturated heterocycles. The summed E-state index contributed by atoms with van der Waals surface area (Å²) in [7, 11) is -0.684. The maximum atomic E-state index is 11.4. The quantitative estimate of drug-likeness (QED) is 0.755. The number of ether oxygens (including phenoxy) is 2. The van der Waals surface area contributed by atoms with Gasteiger partial charge in [0.15, 0.2) is 11.5 Å². The van der Waals surface area contributed by atoms with Gasteiger partial charge in [0.2, 0.25) is 0 Å². The van der Waals surface area contributed by atoms with Crippen LogP contribution in [0.15, 0.2) is 18.5 Å². The first-order valence-electron chi connectivity index (χ1n) is 8.07. The van der Waals surface area contributed by atoms with Crippen LogP contribution in [-0.2, 0) is 15.6 Å². The fourth-order valence-electron chi connectivity index (χ4n) is 3.53. The second-order valence-electron chi connectivity index (χ2n) is 7.54. The van der Waals surface area contributed by atoms with E-state index in [0.717, 1.165) is 16.6 Å². The van der Waals surface area contributed by atoms with Crippen molar-refractivity contribution >= 4 is 21.1 Å². The molecule has 3 N–H and O–H groups in total. The molecule has 0 aliphatic carbocycles. The molecule has 0 atom stereocenters. The average Bonchev–Trinajstić information content (AvgIpc) is 2.49. The summed E-state index contributed by atoms with van der Waals surface area (Å²) in [6, 6.07) is 3.63. The molecule has 0 amide bonds. The Morgan fingerprint density at radius 3 is 2.19 bits per heavy atom. The van der Waals surface area contributed by atoms with Gasteiger partial charge in [-0.25, -0.2) is 15.1 Å². The molecule has 0 unspecified atom stereocenters. The second kappa shape index (κ2) is 6.98. The molecule has 1 aromatic carbocycles. The predicted molar refractivity (Wildman–Crippen MR) is 101 cm³/mol. The Kier molecular flexibility index (Phi) is 5.46. The molecule has 0 bridgehead atoms. The van der Waals surface area contributed by atoms with Gasteiger partial charge in [0.25, 0.3) is 10.2 Å². The molecule has 0 radical (unpaired) electrons. The first-order valence-corrected chi connectivity index (χ1v) is 9.62. The van der Waals surface area contributed by atoms with Crippen molar-refractivity contribution in [2.24, 2.45) is 5.14 Å². The molecule has 26 heavy (non-hydrogen) atoms. The zero-order chi connectivity index (χ0) is 19.8. The Hall–Kier alpha value is -1.97.